The van der Waals surface area contributed by atoms with Crippen molar-refractivity contribution in [2.75, 3.05) is 7.11 Å². The standard InChI is InChI=1S/C16H16INO4/c1-10(2)22-16(20)18-13(15(19)21-3)9-12(17)14(18)11-7-5-4-6-8-11/h4-10H,1-3H3. The molecule has 116 valence electrons. The lowest BCUT2D eigenvalue weighted by molar-refractivity contribution is 0.0582. The molecule has 1 heterocycles. The molecule has 0 fully saturated rings. The highest BCUT2D eigenvalue weighted by Crippen LogP contribution is 2.29. The summed E-state index contributed by atoms with van der Waals surface area (Å²) < 4.78 is 12.1. The summed E-state index contributed by atoms with van der Waals surface area (Å²) in [5.74, 6) is -0.583. The van der Waals surface area contributed by atoms with E-state index in [-0.39, 0.29) is 11.8 Å². The monoisotopic (exact) mass is 413 g/mol. The molecule has 22 heavy (non-hydrogen) atoms. The summed E-state index contributed by atoms with van der Waals surface area (Å²) in [7, 11) is 1.28. The van der Waals surface area contributed by atoms with E-state index in [0.29, 0.717) is 5.69 Å². The van der Waals surface area contributed by atoms with E-state index in [0.717, 1.165) is 9.13 Å². The molecule has 2 aromatic rings. The van der Waals surface area contributed by atoms with Gasteiger partial charge in [-0.3, -0.25) is 0 Å². The number of esters is 1. The van der Waals surface area contributed by atoms with Crippen molar-refractivity contribution in [3.8, 4) is 11.3 Å². The molecule has 0 aliphatic carbocycles. The number of aromatic nitrogens is 1. The summed E-state index contributed by atoms with van der Waals surface area (Å²) in [6, 6.07) is 11.0. The molecule has 0 unspecified atom stereocenters. The third-order valence-electron chi connectivity index (χ3n) is 2.92. The fourth-order valence-corrected chi connectivity index (χ4v) is 2.89. The first-order valence-corrected chi connectivity index (χ1v) is 7.79. The van der Waals surface area contributed by atoms with E-state index in [2.05, 4.69) is 22.6 Å². The van der Waals surface area contributed by atoms with E-state index < -0.39 is 12.1 Å². The van der Waals surface area contributed by atoms with E-state index in [1.54, 1.807) is 19.9 Å². The first kappa shape index (κ1) is 16.5. The molecular formula is C16H16INO4. The minimum Gasteiger partial charge on any atom is -0.464 e. The second-order valence-electron chi connectivity index (χ2n) is 4.85. The SMILES string of the molecule is COC(=O)c1cc(I)c(-c2ccccc2)n1C(=O)OC(C)C. The average Bonchev–Trinajstić information content (AvgIpc) is 2.84. The zero-order valence-corrected chi connectivity index (χ0v) is 14.7. The first-order chi connectivity index (χ1) is 10.5. The van der Waals surface area contributed by atoms with Gasteiger partial charge in [-0.2, -0.15) is 0 Å². The van der Waals surface area contributed by atoms with Crippen molar-refractivity contribution in [2.24, 2.45) is 0 Å². The summed E-state index contributed by atoms with van der Waals surface area (Å²) in [6.07, 6.45) is -0.890. The van der Waals surface area contributed by atoms with E-state index in [9.17, 15) is 9.59 Å². The summed E-state index contributed by atoms with van der Waals surface area (Å²) in [5.41, 5.74) is 1.59. The predicted molar refractivity (Wildman–Crippen MR) is 90.9 cm³/mol. The van der Waals surface area contributed by atoms with Crippen LogP contribution in [0, 0.1) is 3.57 Å². The molecule has 0 aliphatic rings. The zero-order valence-electron chi connectivity index (χ0n) is 12.5. The number of nitrogens with zero attached hydrogens (tertiary/aromatic N) is 1. The highest BCUT2D eigenvalue weighted by atomic mass is 127. The molecule has 0 saturated carbocycles. The van der Waals surface area contributed by atoms with Crippen molar-refractivity contribution in [1.82, 2.24) is 4.57 Å². The molecule has 2 rings (SSSR count). The smallest absolute Gasteiger partial charge is 0.419 e. The molecular weight excluding hydrogens is 397 g/mol. The Morgan fingerprint density at radius 1 is 1.18 bits per heavy atom. The topological polar surface area (TPSA) is 57.5 Å². The van der Waals surface area contributed by atoms with Crippen molar-refractivity contribution in [3.63, 3.8) is 0 Å². The highest BCUT2D eigenvalue weighted by Gasteiger charge is 2.26. The lowest BCUT2D eigenvalue weighted by atomic mass is 10.1. The molecule has 0 saturated heterocycles. The van der Waals surface area contributed by atoms with Crippen LogP contribution in [-0.4, -0.2) is 29.8 Å². The fraction of sp³-hybridized carbons (Fsp3) is 0.250. The quantitative estimate of drug-likeness (QED) is 0.565. The molecule has 0 amide bonds. The number of rotatable bonds is 3. The van der Waals surface area contributed by atoms with Gasteiger partial charge in [-0.05, 0) is 48.1 Å². The van der Waals surface area contributed by atoms with Gasteiger partial charge in [0.05, 0.1) is 18.9 Å². The van der Waals surface area contributed by atoms with Gasteiger partial charge < -0.3 is 9.47 Å². The number of ether oxygens (including phenoxy) is 2. The van der Waals surface area contributed by atoms with Crippen molar-refractivity contribution in [1.29, 1.82) is 0 Å². The molecule has 6 heteroatoms. The Balaban J connectivity index is 2.64. The van der Waals surface area contributed by atoms with Crippen molar-refractivity contribution in [2.45, 2.75) is 20.0 Å². The van der Waals surface area contributed by atoms with Crippen LogP contribution in [0.15, 0.2) is 36.4 Å². The number of carbonyl (C=O) groups excluding carboxylic acids is 2. The Hall–Kier alpha value is -1.83. The molecule has 0 atom stereocenters. The predicted octanol–water partition coefficient (Wildman–Crippen LogP) is 3.94. The van der Waals surface area contributed by atoms with Gasteiger partial charge in [0.2, 0.25) is 0 Å². The Morgan fingerprint density at radius 3 is 2.36 bits per heavy atom. The number of halogens is 1. The number of carbonyl (C=O) groups is 2. The van der Waals surface area contributed by atoms with E-state index in [1.807, 2.05) is 30.3 Å². The maximum atomic E-state index is 12.4. The maximum absolute atomic E-state index is 12.4. The van der Waals surface area contributed by atoms with Gasteiger partial charge in [-0.15, -0.1) is 0 Å². The molecule has 0 aliphatic heterocycles. The van der Waals surface area contributed by atoms with Gasteiger partial charge in [0, 0.05) is 3.57 Å². The normalized spacial score (nSPS) is 10.6. The van der Waals surface area contributed by atoms with Gasteiger partial charge in [-0.1, -0.05) is 30.3 Å². The van der Waals surface area contributed by atoms with Crippen LogP contribution in [0.5, 0.6) is 0 Å². The van der Waals surface area contributed by atoms with Crippen LogP contribution in [-0.2, 0) is 9.47 Å². The van der Waals surface area contributed by atoms with Gasteiger partial charge in [-0.25, -0.2) is 14.2 Å². The Bertz CT molecular complexity index is 692. The number of methoxy groups -OCH3 is 1. The second kappa shape index (κ2) is 6.95. The minimum absolute atomic E-state index is 0.149. The van der Waals surface area contributed by atoms with Crippen molar-refractivity contribution < 1.29 is 19.1 Å². The third-order valence-corrected chi connectivity index (χ3v) is 3.74. The van der Waals surface area contributed by atoms with E-state index in [1.165, 1.54) is 11.7 Å². The van der Waals surface area contributed by atoms with Gasteiger partial charge in [0.25, 0.3) is 0 Å². The van der Waals surface area contributed by atoms with E-state index in [4.69, 9.17) is 9.47 Å². The van der Waals surface area contributed by atoms with Crippen LogP contribution in [0.1, 0.15) is 24.3 Å². The molecule has 0 spiro atoms. The number of benzene rings is 1. The molecule has 0 bridgehead atoms. The third kappa shape index (κ3) is 3.32. The van der Waals surface area contributed by atoms with Crippen LogP contribution in [0.3, 0.4) is 0 Å². The minimum atomic E-state index is -0.600. The Labute approximate surface area is 142 Å². The number of hydrogen-bond acceptors (Lipinski definition) is 4. The lowest BCUT2D eigenvalue weighted by Gasteiger charge is -2.14. The van der Waals surface area contributed by atoms with Gasteiger partial charge in [0.15, 0.2) is 0 Å². The first-order valence-electron chi connectivity index (χ1n) is 6.71. The summed E-state index contributed by atoms with van der Waals surface area (Å²) in [5, 5.41) is 0. The zero-order chi connectivity index (χ0) is 16.3. The van der Waals surface area contributed by atoms with Crippen LogP contribution in [0.4, 0.5) is 4.79 Å². The van der Waals surface area contributed by atoms with Crippen LogP contribution in [0.2, 0.25) is 0 Å². The average molecular weight is 413 g/mol. The van der Waals surface area contributed by atoms with E-state index >= 15 is 0 Å². The van der Waals surface area contributed by atoms with Crippen molar-refractivity contribution in [3.05, 3.63) is 45.7 Å². The lowest BCUT2D eigenvalue weighted by Crippen LogP contribution is -2.23. The Morgan fingerprint density at radius 2 is 1.82 bits per heavy atom. The highest BCUT2D eigenvalue weighted by molar-refractivity contribution is 14.1. The van der Waals surface area contributed by atoms with Crippen LogP contribution in [0.25, 0.3) is 11.3 Å². The van der Waals surface area contributed by atoms with Crippen molar-refractivity contribution >= 4 is 34.7 Å². The van der Waals surface area contributed by atoms with Gasteiger partial charge in [0.1, 0.15) is 5.69 Å². The second-order valence-corrected chi connectivity index (χ2v) is 6.01. The Kier molecular flexibility index (Phi) is 5.23. The van der Waals surface area contributed by atoms with Crippen LogP contribution >= 0.6 is 22.6 Å². The molecule has 0 radical (unpaired) electrons. The maximum Gasteiger partial charge on any atom is 0.419 e. The van der Waals surface area contributed by atoms with Crippen LogP contribution < -0.4 is 0 Å². The molecule has 5 nitrogen and oxygen atoms in total. The summed E-state index contributed by atoms with van der Waals surface area (Å²) in [4.78, 5) is 24.4. The number of hydrogen-bond donors (Lipinski definition) is 0. The molecule has 1 aromatic carbocycles. The summed E-state index contributed by atoms with van der Waals surface area (Å²) in [6.45, 7) is 3.51. The molecule has 0 N–H and O–H groups in total. The van der Waals surface area contributed by atoms with Gasteiger partial charge >= 0.3 is 12.1 Å². The molecule has 1 aromatic heterocycles. The largest absolute Gasteiger partial charge is 0.464 e. The fourth-order valence-electron chi connectivity index (χ4n) is 2.04. The summed E-state index contributed by atoms with van der Waals surface area (Å²) >= 11 is 2.09.